The van der Waals surface area contributed by atoms with Gasteiger partial charge in [0.2, 0.25) is 0 Å². The third kappa shape index (κ3) is 6.21. The predicted octanol–water partition coefficient (Wildman–Crippen LogP) is 14.9. The zero-order valence-corrected chi connectivity index (χ0v) is 37.2. The van der Waals surface area contributed by atoms with Crippen LogP contribution in [-0.2, 0) is 26.5 Å². The Morgan fingerprint density at radius 3 is 1.17 bits per heavy atom. The molecule has 0 spiro atoms. The molecule has 0 nitrogen and oxygen atoms in total. The van der Waals surface area contributed by atoms with Gasteiger partial charge in [0, 0.05) is 0 Å². The molecule has 0 bridgehead atoms. The molecule has 0 saturated carbocycles. The molecule has 0 heterocycles. The van der Waals surface area contributed by atoms with Crippen LogP contribution in [0.1, 0.15) is 78.6 Å². The number of halogens is 2. The van der Waals surface area contributed by atoms with E-state index in [0.29, 0.717) is 0 Å². The first-order valence-electron chi connectivity index (χ1n) is 19.2. The summed E-state index contributed by atoms with van der Waals surface area (Å²) in [6.45, 7) is 14.0. The zero-order valence-electron chi connectivity index (χ0n) is 32.1. The molecule has 0 radical (unpaired) electrons. The van der Waals surface area contributed by atoms with Gasteiger partial charge >= 0.3 is 332 Å². The summed E-state index contributed by atoms with van der Waals surface area (Å²) >= 11 is -5.77. The molecule has 6 aromatic carbocycles. The second kappa shape index (κ2) is 13.7. The van der Waals surface area contributed by atoms with Crippen LogP contribution < -0.4 is 0 Å². The second-order valence-electron chi connectivity index (χ2n) is 17.2. The summed E-state index contributed by atoms with van der Waals surface area (Å²) in [5, 5.41) is 0. The van der Waals surface area contributed by atoms with Crippen LogP contribution in [0.5, 0.6) is 0 Å². The van der Waals surface area contributed by atoms with Gasteiger partial charge in [-0.15, -0.1) is 0 Å². The first kappa shape index (κ1) is 37.1. The molecule has 0 amide bonds. The van der Waals surface area contributed by atoms with E-state index in [2.05, 4.69) is 211 Å². The third-order valence-electron chi connectivity index (χ3n) is 11.6. The van der Waals surface area contributed by atoms with Crippen molar-refractivity contribution < 1.29 is 15.7 Å². The van der Waals surface area contributed by atoms with Gasteiger partial charge in [0.05, 0.1) is 0 Å². The van der Waals surface area contributed by atoms with E-state index in [-0.39, 0.29) is 18.2 Å². The van der Waals surface area contributed by atoms with Crippen molar-refractivity contribution in [1.82, 2.24) is 0 Å². The van der Waals surface area contributed by atoms with E-state index in [0.717, 1.165) is 14.4 Å². The van der Waals surface area contributed by atoms with Crippen LogP contribution in [0.2, 0.25) is 3.67 Å². The van der Waals surface area contributed by atoms with Crippen molar-refractivity contribution in [2.24, 2.45) is 0 Å². The Hall–Kier alpha value is -3.88. The molecule has 2 aliphatic rings. The average Bonchev–Trinajstić information content (AvgIpc) is 3.83. The topological polar surface area (TPSA) is 0 Å². The van der Waals surface area contributed by atoms with Crippen molar-refractivity contribution in [2.45, 2.75) is 59.7 Å². The molecule has 2 aliphatic carbocycles. The maximum absolute atomic E-state index is 9.00. The van der Waals surface area contributed by atoms with Crippen LogP contribution in [0.25, 0.3) is 33.4 Å². The zero-order chi connectivity index (χ0) is 37.9. The molecular weight excluding hydrogens is 862 g/mol. The predicted molar refractivity (Wildman–Crippen MR) is 232 cm³/mol. The van der Waals surface area contributed by atoms with Gasteiger partial charge in [-0.25, -0.2) is 0 Å². The Morgan fingerprint density at radius 2 is 0.815 bits per heavy atom. The normalized spacial score (nSPS) is 14.7. The van der Waals surface area contributed by atoms with E-state index >= 15 is 0 Å². The standard InChI is InChI=1S/C33H33.C13H10.C5H5.2ClH.Hf/c1-32(2,3)30-20-26-24(18-28(30)22-13-9-7-10-14-22)17-25-19-29(23-15-11-8-12-16-23)31(21-27(25)26)33(4,5)6;1-3-7-12(8-4-1)11-13-9-5-2-6-10-13;1-2-4-5-3-1;;;/h7-21H,1-6H3;1-10H;1-5H;2*1H;/q;;;;;+2/p-2. The molecule has 54 heavy (non-hydrogen) atoms. The molecule has 270 valence electrons. The van der Waals surface area contributed by atoms with Crippen LogP contribution >= 0.6 is 17.2 Å². The fourth-order valence-electron chi connectivity index (χ4n) is 9.08. The molecule has 0 aliphatic heterocycles. The minimum atomic E-state index is -5.77. The Bertz CT molecular complexity index is 2330. The molecule has 0 fully saturated rings. The molecule has 0 aromatic heterocycles. The van der Waals surface area contributed by atoms with Gasteiger partial charge < -0.3 is 0 Å². The van der Waals surface area contributed by atoms with Gasteiger partial charge in [0.1, 0.15) is 0 Å². The summed E-state index contributed by atoms with van der Waals surface area (Å²) < 4.78 is 0.745. The molecule has 0 N–H and O–H groups in total. The first-order chi connectivity index (χ1) is 25.8. The molecule has 3 heteroatoms. The molecule has 0 saturated heterocycles. The van der Waals surface area contributed by atoms with Crippen LogP contribution in [0.3, 0.4) is 0 Å². The molecule has 0 atom stereocenters. The maximum atomic E-state index is 9.00. The number of hydrogen-bond donors (Lipinski definition) is 0. The number of rotatable bonds is 6. The van der Waals surface area contributed by atoms with Crippen molar-refractivity contribution in [2.75, 3.05) is 0 Å². The third-order valence-corrected chi connectivity index (χ3v) is 39.7. The SMILES string of the molecule is CC(C)(C)c1cc2c(cc1-c1ccccc1)[CH]([Hf]([Cl])([Cl])(=[C](c1ccccc1)c1ccccc1)[CH]1C=CC=C1)c1cc(-c3ccccc3)c(C(C)(C)C)cc1-2. The van der Waals surface area contributed by atoms with E-state index in [1.807, 2.05) is 0 Å². The van der Waals surface area contributed by atoms with Gasteiger partial charge in [-0.1, -0.05) is 0 Å². The van der Waals surface area contributed by atoms with Gasteiger partial charge in [-0.05, 0) is 0 Å². The summed E-state index contributed by atoms with van der Waals surface area (Å²) in [6.07, 6.45) is 8.85. The van der Waals surface area contributed by atoms with Crippen LogP contribution in [0, 0.1) is 0 Å². The van der Waals surface area contributed by atoms with Gasteiger partial charge in [-0.3, -0.25) is 0 Å². The van der Waals surface area contributed by atoms with E-state index in [1.54, 1.807) is 0 Å². The Kier molecular flexibility index (Phi) is 9.40. The fourth-order valence-corrected chi connectivity index (χ4v) is 36.8. The average molecular weight is 910 g/mol. The van der Waals surface area contributed by atoms with Crippen molar-refractivity contribution in [3.8, 4) is 33.4 Å². The van der Waals surface area contributed by atoms with Crippen molar-refractivity contribution in [1.29, 1.82) is 0 Å². The molecule has 6 aromatic rings. The quantitative estimate of drug-likeness (QED) is 0.146. The molecule has 0 unspecified atom stereocenters. The van der Waals surface area contributed by atoms with Crippen molar-refractivity contribution in [3.63, 3.8) is 0 Å². The summed E-state index contributed by atoms with van der Waals surface area (Å²) in [5.41, 5.74) is 14.5. The summed E-state index contributed by atoms with van der Waals surface area (Å²) in [5.74, 6) is 0. The first-order valence-corrected chi connectivity index (χ1v) is 34.0. The minimum absolute atomic E-state index is 0.113. The summed E-state index contributed by atoms with van der Waals surface area (Å²) in [7, 11) is 18.0. The number of benzene rings is 6. The molecular formula is C51H48Cl2Hf. The number of fused-ring (bicyclic) bond motifs is 3. The van der Waals surface area contributed by atoms with Crippen LogP contribution in [0.4, 0.5) is 0 Å². The van der Waals surface area contributed by atoms with E-state index in [1.165, 1.54) is 55.6 Å². The molecule has 8 rings (SSSR count). The van der Waals surface area contributed by atoms with Gasteiger partial charge in [0.15, 0.2) is 0 Å². The van der Waals surface area contributed by atoms with Crippen molar-refractivity contribution >= 4 is 20.4 Å². The Labute approximate surface area is 330 Å². The van der Waals surface area contributed by atoms with Crippen LogP contribution in [0.15, 0.2) is 170 Å². The van der Waals surface area contributed by atoms with E-state index in [4.69, 9.17) is 17.2 Å². The van der Waals surface area contributed by atoms with Crippen LogP contribution in [-0.4, -0.2) is 3.26 Å². The fraction of sp³-hybridized carbons (Fsp3) is 0.196. The number of hydrogen-bond acceptors (Lipinski definition) is 0. The number of allylic oxidation sites excluding steroid dienone is 4. The Balaban J connectivity index is 1.61. The van der Waals surface area contributed by atoms with E-state index < -0.39 is 15.7 Å². The second-order valence-corrected chi connectivity index (χ2v) is 46.7. The van der Waals surface area contributed by atoms with Crippen molar-refractivity contribution in [3.05, 3.63) is 203 Å². The van der Waals surface area contributed by atoms with E-state index in [9.17, 15) is 0 Å². The van der Waals surface area contributed by atoms with Gasteiger partial charge in [-0.2, -0.15) is 0 Å². The Morgan fingerprint density at radius 1 is 0.463 bits per heavy atom. The van der Waals surface area contributed by atoms with Gasteiger partial charge in [0.25, 0.3) is 0 Å². The monoisotopic (exact) mass is 910 g/mol. The summed E-state index contributed by atoms with van der Waals surface area (Å²) in [6, 6.07) is 53.1. The summed E-state index contributed by atoms with van der Waals surface area (Å²) in [4.78, 5) is 0.